The Morgan fingerprint density at radius 2 is 1.17 bits per heavy atom. The Morgan fingerprint density at radius 3 is 1.33 bits per heavy atom. The van der Waals surface area contributed by atoms with E-state index >= 15 is 0 Å². The number of rotatable bonds is 9. The van der Waals surface area contributed by atoms with Gasteiger partial charge < -0.3 is 13.3 Å². The molecule has 0 spiro atoms. The third-order valence-electron chi connectivity index (χ3n) is 4.73. The Hall–Kier alpha value is 0.664. The van der Waals surface area contributed by atoms with Crippen molar-refractivity contribution >= 4 is 29.5 Å². The van der Waals surface area contributed by atoms with Crippen LogP contribution in [0.1, 0.15) is 34.1 Å². The highest BCUT2D eigenvalue weighted by atomic mass is 32.1. The second-order valence-corrected chi connectivity index (χ2v) is 15.6. The lowest BCUT2D eigenvalue weighted by Gasteiger charge is -2.51. The van der Waals surface area contributed by atoms with Crippen molar-refractivity contribution in [3.8, 4) is 0 Å². The lowest BCUT2D eigenvalue weighted by atomic mass is 10.5. The predicted molar refractivity (Wildman–Crippen MR) is 86.0 cm³/mol. The summed E-state index contributed by atoms with van der Waals surface area (Å²) in [6.45, 7) is 9.01. The van der Waals surface area contributed by atoms with E-state index in [0.29, 0.717) is 0 Å². The van der Waals surface area contributed by atoms with Gasteiger partial charge in [0.05, 0.1) is 12.1 Å². The molecule has 6 heteroatoms. The maximum absolute atomic E-state index is 5.76. The van der Waals surface area contributed by atoms with Crippen LogP contribution in [-0.2, 0) is 13.3 Å². The van der Waals surface area contributed by atoms with Crippen LogP contribution in [-0.4, -0.2) is 42.2 Å². The van der Waals surface area contributed by atoms with Crippen LogP contribution in [0.4, 0.5) is 0 Å². The highest BCUT2D eigenvalue weighted by Crippen LogP contribution is 2.46. The van der Waals surface area contributed by atoms with E-state index in [2.05, 4.69) is 27.7 Å². The number of hydrogen-bond donors (Lipinski definition) is 1. The van der Waals surface area contributed by atoms with Crippen LogP contribution in [0.5, 0.6) is 0 Å². The van der Waals surface area contributed by atoms with E-state index in [0.717, 1.165) is 6.42 Å². The Morgan fingerprint density at radius 1 is 0.833 bits per heavy atom. The largest absolute Gasteiger partial charge is 0.513 e. The zero-order valence-electron chi connectivity index (χ0n) is 13.0. The molecule has 0 aromatic heterocycles. The first-order valence-electron chi connectivity index (χ1n) is 6.80. The van der Waals surface area contributed by atoms with Gasteiger partial charge >= 0.3 is 8.80 Å². The summed E-state index contributed by atoms with van der Waals surface area (Å²) in [4.78, 5) is 0. The predicted octanol–water partition coefficient (Wildman–Crippen LogP) is 3.53. The van der Waals surface area contributed by atoms with Gasteiger partial charge in [-0.1, -0.05) is 45.8 Å². The summed E-state index contributed by atoms with van der Waals surface area (Å²) in [5.41, 5.74) is 0. The number of thiol groups is 1. The molecule has 0 rings (SSSR count). The van der Waals surface area contributed by atoms with E-state index in [1.807, 2.05) is 0 Å². The highest BCUT2D eigenvalue weighted by molar-refractivity contribution is 7.86. The summed E-state index contributed by atoms with van der Waals surface area (Å²) in [7, 11) is 0.721. The fourth-order valence-electron chi connectivity index (χ4n) is 3.30. The smallest absolute Gasteiger partial charge is 0.376 e. The van der Waals surface area contributed by atoms with Gasteiger partial charge in [-0.2, -0.15) is 12.6 Å². The minimum atomic E-state index is -2.74. The highest BCUT2D eigenvalue weighted by Gasteiger charge is 2.65. The monoisotopic (exact) mass is 310 g/mol. The lowest BCUT2D eigenvalue weighted by Crippen LogP contribution is -2.72. The van der Waals surface area contributed by atoms with Crippen molar-refractivity contribution < 1.29 is 13.3 Å². The minimum absolute atomic E-state index is 0.226. The van der Waals surface area contributed by atoms with Gasteiger partial charge in [0.15, 0.2) is 0 Å². The van der Waals surface area contributed by atoms with Gasteiger partial charge in [-0.3, -0.25) is 0 Å². The molecule has 0 aromatic carbocycles. The van der Waals surface area contributed by atoms with Crippen molar-refractivity contribution in [1.82, 2.24) is 0 Å². The van der Waals surface area contributed by atoms with Crippen molar-refractivity contribution in [3.63, 3.8) is 0 Å². The van der Waals surface area contributed by atoms with Crippen LogP contribution in [0.25, 0.3) is 0 Å². The third-order valence-corrected chi connectivity index (χ3v) is 19.0. The molecule has 0 fully saturated rings. The topological polar surface area (TPSA) is 27.7 Å². The van der Waals surface area contributed by atoms with Crippen LogP contribution in [0.2, 0.25) is 18.1 Å². The summed E-state index contributed by atoms with van der Waals surface area (Å²) >= 11 is 5.11. The zero-order valence-corrected chi connectivity index (χ0v) is 15.9. The summed E-state index contributed by atoms with van der Waals surface area (Å²) in [6, 6.07) is 3.55. The second-order valence-electron chi connectivity index (χ2n) is 4.72. The molecule has 0 radical (unpaired) electrons. The van der Waals surface area contributed by atoms with Gasteiger partial charge in [0, 0.05) is 21.3 Å². The second kappa shape index (κ2) is 7.45. The number of hydrogen-bond acceptors (Lipinski definition) is 4. The van der Waals surface area contributed by atoms with Crippen molar-refractivity contribution in [2.45, 2.75) is 56.2 Å². The minimum Gasteiger partial charge on any atom is -0.376 e. The van der Waals surface area contributed by atoms with E-state index in [-0.39, 0.29) is 3.99 Å². The Balaban J connectivity index is 5.84. The van der Waals surface area contributed by atoms with Crippen molar-refractivity contribution in [3.05, 3.63) is 0 Å². The van der Waals surface area contributed by atoms with Gasteiger partial charge in [0.1, 0.15) is 0 Å². The molecular weight excluding hydrogens is 280 g/mol. The normalized spacial score (nSPS) is 16.7. The molecule has 0 saturated heterocycles. The maximum atomic E-state index is 5.76. The van der Waals surface area contributed by atoms with Crippen LogP contribution in [0, 0.1) is 0 Å². The van der Waals surface area contributed by atoms with E-state index < -0.39 is 16.9 Å². The van der Waals surface area contributed by atoms with E-state index in [1.54, 1.807) is 21.3 Å². The van der Waals surface area contributed by atoms with Crippen molar-refractivity contribution in [2.24, 2.45) is 0 Å². The Bertz CT molecular complexity index is 207. The van der Waals surface area contributed by atoms with E-state index in [1.165, 1.54) is 18.1 Å². The van der Waals surface area contributed by atoms with E-state index in [9.17, 15) is 0 Å². The van der Waals surface area contributed by atoms with Gasteiger partial charge in [-0.05, 0) is 6.42 Å². The third kappa shape index (κ3) is 2.60. The summed E-state index contributed by atoms with van der Waals surface area (Å²) < 4.78 is 17.0. The quantitative estimate of drug-likeness (QED) is 0.521. The molecule has 0 unspecified atom stereocenters. The van der Waals surface area contributed by atoms with Crippen molar-refractivity contribution in [1.29, 1.82) is 0 Å². The average Bonchev–Trinajstić information content (AvgIpc) is 2.43. The van der Waals surface area contributed by atoms with Crippen LogP contribution < -0.4 is 0 Å². The van der Waals surface area contributed by atoms with Gasteiger partial charge in [-0.25, -0.2) is 0 Å². The Labute approximate surface area is 120 Å². The molecule has 0 amide bonds. The molecule has 0 aliphatic heterocycles. The molecule has 0 heterocycles. The summed E-state index contributed by atoms with van der Waals surface area (Å²) in [5, 5.41) is 0. The molecule has 0 aromatic rings. The molecule has 0 saturated carbocycles. The first kappa shape index (κ1) is 18.7. The fourth-order valence-corrected chi connectivity index (χ4v) is 16.6. The maximum Gasteiger partial charge on any atom is 0.513 e. The molecule has 0 bridgehead atoms. The molecule has 110 valence electrons. The van der Waals surface area contributed by atoms with Crippen LogP contribution >= 0.6 is 12.6 Å². The lowest BCUT2D eigenvalue weighted by molar-refractivity contribution is 0.115. The van der Waals surface area contributed by atoms with Gasteiger partial charge in [0.25, 0.3) is 0 Å². The molecule has 0 N–H and O–H groups in total. The first-order chi connectivity index (χ1) is 8.42. The molecule has 18 heavy (non-hydrogen) atoms. The fraction of sp³-hybridized carbons (Fsp3) is 1.00. The summed E-state index contributed by atoms with van der Waals surface area (Å²) in [5.74, 6) is 0. The zero-order chi connectivity index (χ0) is 14.4. The summed E-state index contributed by atoms with van der Waals surface area (Å²) in [6.07, 6.45) is 0.930. The van der Waals surface area contributed by atoms with Gasteiger partial charge in [-0.15, -0.1) is 0 Å². The average molecular weight is 311 g/mol. The van der Waals surface area contributed by atoms with Crippen LogP contribution in [0.15, 0.2) is 0 Å². The molecule has 3 nitrogen and oxygen atoms in total. The van der Waals surface area contributed by atoms with Crippen molar-refractivity contribution in [2.75, 3.05) is 21.3 Å². The van der Waals surface area contributed by atoms with Gasteiger partial charge in [0.2, 0.25) is 0 Å². The molecule has 0 aliphatic carbocycles. The molecule has 1 atom stereocenters. The SMILES string of the molecule is CC[C@](S)([Si](CC)(CC)CC)[Si](OC)(OC)OC. The van der Waals surface area contributed by atoms with E-state index in [4.69, 9.17) is 25.9 Å². The first-order valence-corrected chi connectivity index (χ1v) is 11.6. The molecular formula is C12H30O3SSi2. The van der Waals surface area contributed by atoms with Crippen LogP contribution in [0.3, 0.4) is 0 Å². The standard InChI is InChI=1S/C12H30O3SSi2/c1-8-12(16,17(9-2,10-3)11-4)18(13-5,14-6)15-7/h16H,8-11H2,1-7H3/t12-/m0/s1. The molecule has 0 aliphatic rings. The Kier molecular flexibility index (Phi) is 7.72.